The fourth-order valence-corrected chi connectivity index (χ4v) is 2.57. The van der Waals surface area contributed by atoms with Crippen molar-refractivity contribution in [2.45, 2.75) is 32.6 Å². The minimum atomic E-state index is -0.296. The molecule has 1 saturated heterocycles. The zero-order valence-electron chi connectivity index (χ0n) is 11.4. The molecule has 1 atom stereocenters. The van der Waals surface area contributed by atoms with Crippen molar-refractivity contribution in [1.29, 1.82) is 0 Å². The maximum atomic E-state index is 12.3. The second-order valence-electron chi connectivity index (χ2n) is 5.02. The van der Waals surface area contributed by atoms with Gasteiger partial charge in [0, 0.05) is 26.8 Å². The van der Waals surface area contributed by atoms with E-state index in [0.29, 0.717) is 10.9 Å². The Kier molecular flexibility index (Phi) is 6.57. The number of rotatable bonds is 6. The summed E-state index contributed by atoms with van der Waals surface area (Å²) in [5.74, 6) is 0.312. The van der Waals surface area contributed by atoms with Crippen LogP contribution in [0.5, 0.6) is 0 Å². The van der Waals surface area contributed by atoms with Gasteiger partial charge < -0.3 is 15.4 Å². The molecule has 1 amide bonds. The summed E-state index contributed by atoms with van der Waals surface area (Å²) in [5.41, 5.74) is 5.66. The Morgan fingerprint density at radius 1 is 1.50 bits per heavy atom. The predicted octanol–water partition coefficient (Wildman–Crippen LogP) is 1.57. The Balaban J connectivity index is 2.49. The van der Waals surface area contributed by atoms with Gasteiger partial charge in [0.05, 0.1) is 10.9 Å². The first-order valence-electron chi connectivity index (χ1n) is 6.68. The van der Waals surface area contributed by atoms with Crippen LogP contribution in [0.1, 0.15) is 32.6 Å². The highest BCUT2D eigenvalue weighted by atomic mass is 32.1. The van der Waals surface area contributed by atoms with Crippen LogP contribution < -0.4 is 5.73 Å². The molecule has 0 aromatic heterocycles. The van der Waals surface area contributed by atoms with E-state index in [4.69, 9.17) is 22.7 Å². The van der Waals surface area contributed by atoms with Crippen LogP contribution in [0.4, 0.5) is 0 Å². The largest absolute Gasteiger partial charge is 0.393 e. The summed E-state index contributed by atoms with van der Waals surface area (Å²) in [7, 11) is 1.85. The third-order valence-corrected chi connectivity index (χ3v) is 3.75. The molecule has 1 aliphatic heterocycles. The molecule has 0 spiro atoms. The van der Waals surface area contributed by atoms with Gasteiger partial charge in [0.25, 0.3) is 0 Å². The first-order valence-corrected chi connectivity index (χ1v) is 7.09. The van der Waals surface area contributed by atoms with Gasteiger partial charge in [0.15, 0.2) is 0 Å². The first kappa shape index (κ1) is 15.4. The minimum Gasteiger partial charge on any atom is -0.393 e. The fourth-order valence-electron chi connectivity index (χ4n) is 2.35. The summed E-state index contributed by atoms with van der Waals surface area (Å²) in [5, 5.41) is 0. The van der Waals surface area contributed by atoms with E-state index in [9.17, 15) is 4.79 Å². The zero-order chi connectivity index (χ0) is 13.5. The molecule has 1 aliphatic rings. The normalized spacial score (nSPS) is 18.3. The van der Waals surface area contributed by atoms with Gasteiger partial charge >= 0.3 is 0 Å². The van der Waals surface area contributed by atoms with Gasteiger partial charge in [-0.05, 0) is 25.2 Å². The summed E-state index contributed by atoms with van der Waals surface area (Å²) in [6, 6.07) is 0. The number of hydrogen-bond donors (Lipinski definition) is 1. The van der Waals surface area contributed by atoms with Crippen molar-refractivity contribution in [2.24, 2.45) is 17.6 Å². The Labute approximate surface area is 115 Å². The summed E-state index contributed by atoms with van der Waals surface area (Å²) in [6.45, 7) is 4.43. The van der Waals surface area contributed by atoms with E-state index >= 15 is 0 Å². The molecular formula is C13H24N2O2S. The molecule has 5 heteroatoms. The highest BCUT2D eigenvalue weighted by Gasteiger charge is 2.26. The average molecular weight is 272 g/mol. The molecule has 0 aromatic carbocycles. The van der Waals surface area contributed by atoms with Crippen molar-refractivity contribution in [3.8, 4) is 0 Å². The van der Waals surface area contributed by atoms with E-state index in [2.05, 4.69) is 0 Å². The van der Waals surface area contributed by atoms with E-state index in [0.717, 1.165) is 45.4 Å². The standard InChI is InChI=1S/C13H24N2O2S/c1-3-4-11(12(14)18)13(16)15(2)9-10-5-7-17-8-6-10/h10-11H,3-9H2,1-2H3,(H2,14,18). The molecule has 1 rings (SSSR count). The lowest BCUT2D eigenvalue weighted by Crippen LogP contribution is -2.41. The summed E-state index contributed by atoms with van der Waals surface area (Å²) in [6.07, 6.45) is 3.72. The van der Waals surface area contributed by atoms with Crippen molar-refractivity contribution in [3.63, 3.8) is 0 Å². The molecule has 4 nitrogen and oxygen atoms in total. The zero-order valence-corrected chi connectivity index (χ0v) is 12.2. The van der Waals surface area contributed by atoms with Crippen LogP contribution in [0.15, 0.2) is 0 Å². The van der Waals surface area contributed by atoms with Gasteiger partial charge in [-0.15, -0.1) is 0 Å². The number of nitrogens with zero attached hydrogens (tertiary/aromatic N) is 1. The number of ether oxygens (including phenoxy) is 1. The van der Waals surface area contributed by atoms with E-state index < -0.39 is 0 Å². The number of thiocarbonyl (C=S) groups is 1. The third kappa shape index (κ3) is 4.53. The third-order valence-electron chi connectivity index (χ3n) is 3.47. The Hall–Kier alpha value is -0.680. The van der Waals surface area contributed by atoms with E-state index in [1.807, 2.05) is 14.0 Å². The van der Waals surface area contributed by atoms with Crippen molar-refractivity contribution < 1.29 is 9.53 Å². The van der Waals surface area contributed by atoms with E-state index in [-0.39, 0.29) is 11.8 Å². The smallest absolute Gasteiger partial charge is 0.232 e. The van der Waals surface area contributed by atoms with Crippen molar-refractivity contribution in [3.05, 3.63) is 0 Å². The van der Waals surface area contributed by atoms with Gasteiger partial charge in [-0.3, -0.25) is 4.79 Å². The number of amides is 1. The molecule has 0 aromatic rings. The van der Waals surface area contributed by atoms with Crippen LogP contribution >= 0.6 is 12.2 Å². The summed E-state index contributed by atoms with van der Waals surface area (Å²) < 4.78 is 5.32. The number of nitrogens with two attached hydrogens (primary N) is 1. The van der Waals surface area contributed by atoms with Crippen LogP contribution in [-0.2, 0) is 9.53 Å². The van der Waals surface area contributed by atoms with Crippen LogP contribution in [0, 0.1) is 11.8 Å². The SMILES string of the molecule is CCCC(C(=O)N(C)CC1CCOCC1)C(N)=S. The Bertz CT molecular complexity index is 291. The van der Waals surface area contributed by atoms with Crippen LogP contribution in [-0.4, -0.2) is 42.6 Å². The molecule has 2 N–H and O–H groups in total. The Morgan fingerprint density at radius 2 is 2.11 bits per heavy atom. The Morgan fingerprint density at radius 3 is 2.61 bits per heavy atom. The lowest BCUT2D eigenvalue weighted by molar-refractivity contribution is -0.133. The minimum absolute atomic E-state index is 0.0656. The average Bonchev–Trinajstić information content (AvgIpc) is 2.36. The van der Waals surface area contributed by atoms with Crippen LogP contribution in [0.2, 0.25) is 0 Å². The molecular weight excluding hydrogens is 248 g/mol. The van der Waals surface area contributed by atoms with Crippen molar-refractivity contribution in [2.75, 3.05) is 26.8 Å². The lowest BCUT2D eigenvalue weighted by atomic mass is 9.98. The van der Waals surface area contributed by atoms with Crippen LogP contribution in [0.25, 0.3) is 0 Å². The second kappa shape index (κ2) is 7.69. The number of hydrogen-bond acceptors (Lipinski definition) is 3. The van der Waals surface area contributed by atoms with Crippen LogP contribution in [0.3, 0.4) is 0 Å². The van der Waals surface area contributed by atoms with Crippen molar-refractivity contribution >= 4 is 23.1 Å². The molecule has 0 aliphatic carbocycles. The quantitative estimate of drug-likeness (QED) is 0.746. The lowest BCUT2D eigenvalue weighted by Gasteiger charge is -2.29. The second-order valence-corrected chi connectivity index (χ2v) is 5.49. The van der Waals surface area contributed by atoms with Crippen molar-refractivity contribution in [1.82, 2.24) is 4.90 Å². The molecule has 0 bridgehead atoms. The maximum Gasteiger partial charge on any atom is 0.232 e. The van der Waals surface area contributed by atoms with Gasteiger partial charge in [-0.25, -0.2) is 0 Å². The molecule has 1 fully saturated rings. The molecule has 18 heavy (non-hydrogen) atoms. The van der Waals surface area contributed by atoms with E-state index in [1.54, 1.807) is 4.90 Å². The fraction of sp³-hybridized carbons (Fsp3) is 0.846. The molecule has 1 heterocycles. The predicted molar refractivity (Wildman–Crippen MR) is 76.4 cm³/mol. The number of carbonyl (C=O) groups is 1. The highest BCUT2D eigenvalue weighted by molar-refractivity contribution is 7.80. The van der Waals surface area contributed by atoms with Gasteiger partial charge in [-0.1, -0.05) is 25.6 Å². The van der Waals surface area contributed by atoms with Gasteiger partial charge in [-0.2, -0.15) is 0 Å². The van der Waals surface area contributed by atoms with Gasteiger partial charge in [0.1, 0.15) is 0 Å². The van der Waals surface area contributed by atoms with Gasteiger partial charge in [0.2, 0.25) is 5.91 Å². The maximum absolute atomic E-state index is 12.3. The molecule has 1 unspecified atom stereocenters. The topological polar surface area (TPSA) is 55.6 Å². The highest BCUT2D eigenvalue weighted by Crippen LogP contribution is 2.18. The van der Waals surface area contributed by atoms with E-state index in [1.165, 1.54) is 0 Å². The molecule has 104 valence electrons. The first-order chi connectivity index (χ1) is 8.56. The number of carbonyl (C=O) groups excluding carboxylic acids is 1. The monoisotopic (exact) mass is 272 g/mol. The summed E-state index contributed by atoms with van der Waals surface area (Å²) >= 11 is 4.99. The molecule has 0 saturated carbocycles. The summed E-state index contributed by atoms with van der Waals surface area (Å²) in [4.78, 5) is 14.4. The molecule has 0 radical (unpaired) electrons.